The van der Waals surface area contributed by atoms with E-state index in [1.165, 1.54) is 6.33 Å². The molecule has 2 heterocycles. The third-order valence-electron chi connectivity index (χ3n) is 4.09. The maximum atomic E-state index is 12.4. The van der Waals surface area contributed by atoms with Crippen molar-refractivity contribution in [2.24, 2.45) is 0 Å². The number of pyridine rings is 1. The fourth-order valence-electron chi connectivity index (χ4n) is 2.42. The van der Waals surface area contributed by atoms with E-state index in [-0.39, 0.29) is 11.9 Å². The first-order chi connectivity index (χ1) is 12.1. The molecule has 2 aromatic heterocycles. The lowest BCUT2D eigenvalue weighted by atomic mass is 10.1. The number of carbonyl (C=O) groups excluding carboxylic acids is 1. The molecule has 0 aliphatic carbocycles. The highest BCUT2D eigenvalue weighted by Gasteiger charge is 2.15. The molecule has 0 radical (unpaired) electrons. The van der Waals surface area contributed by atoms with E-state index in [4.69, 9.17) is 0 Å². The van der Waals surface area contributed by atoms with Gasteiger partial charge in [-0.25, -0.2) is 9.67 Å². The monoisotopic (exact) mass is 333 g/mol. The molecular weight excluding hydrogens is 314 g/mol. The predicted octanol–water partition coefficient (Wildman–Crippen LogP) is 2.90. The standard InChI is InChI=1S/C19H19N5O/c1-15(17-6-8-18(9-7-17)24-14-21-13-22-24)23(2)19(25)10-5-16-4-3-11-20-12-16/h3-15H,1-2H3/b10-5+. The molecule has 6 nitrogen and oxygen atoms in total. The Labute approximate surface area is 146 Å². The minimum absolute atomic E-state index is 0.0455. The van der Waals surface area contributed by atoms with Crippen LogP contribution < -0.4 is 0 Å². The fraction of sp³-hybridized carbons (Fsp3) is 0.158. The highest BCUT2D eigenvalue weighted by atomic mass is 16.2. The van der Waals surface area contributed by atoms with Crippen LogP contribution in [0.1, 0.15) is 24.1 Å². The summed E-state index contributed by atoms with van der Waals surface area (Å²) in [4.78, 5) is 22.1. The minimum atomic E-state index is -0.0586. The van der Waals surface area contributed by atoms with Crippen molar-refractivity contribution in [1.82, 2.24) is 24.6 Å². The number of amides is 1. The molecule has 0 spiro atoms. The van der Waals surface area contributed by atoms with E-state index in [1.54, 1.807) is 47.5 Å². The van der Waals surface area contributed by atoms with Crippen LogP contribution in [0, 0.1) is 0 Å². The zero-order valence-electron chi connectivity index (χ0n) is 14.1. The molecule has 0 saturated heterocycles. The molecule has 126 valence electrons. The smallest absolute Gasteiger partial charge is 0.246 e. The Bertz CT molecular complexity index is 841. The average Bonchev–Trinajstić information content (AvgIpc) is 3.20. The van der Waals surface area contributed by atoms with Crippen LogP contribution in [-0.2, 0) is 4.79 Å². The first-order valence-electron chi connectivity index (χ1n) is 7.95. The van der Waals surface area contributed by atoms with Gasteiger partial charge in [0.15, 0.2) is 0 Å². The maximum Gasteiger partial charge on any atom is 0.246 e. The van der Waals surface area contributed by atoms with E-state index < -0.39 is 0 Å². The first-order valence-corrected chi connectivity index (χ1v) is 7.95. The maximum absolute atomic E-state index is 12.4. The molecule has 0 bridgehead atoms. The van der Waals surface area contributed by atoms with Gasteiger partial charge < -0.3 is 4.90 Å². The van der Waals surface area contributed by atoms with Crippen molar-refractivity contribution in [3.8, 4) is 5.69 Å². The molecule has 1 unspecified atom stereocenters. The van der Waals surface area contributed by atoms with Crippen molar-refractivity contribution in [2.75, 3.05) is 7.05 Å². The molecule has 1 atom stereocenters. The molecule has 1 amide bonds. The summed E-state index contributed by atoms with van der Waals surface area (Å²) in [7, 11) is 1.80. The van der Waals surface area contributed by atoms with Gasteiger partial charge in [0.2, 0.25) is 5.91 Å². The average molecular weight is 333 g/mol. The molecule has 0 N–H and O–H groups in total. The van der Waals surface area contributed by atoms with Gasteiger partial charge in [-0.15, -0.1) is 0 Å². The van der Waals surface area contributed by atoms with E-state index in [2.05, 4.69) is 15.1 Å². The van der Waals surface area contributed by atoms with Crippen LogP contribution in [0.4, 0.5) is 0 Å². The highest BCUT2D eigenvalue weighted by molar-refractivity contribution is 5.91. The van der Waals surface area contributed by atoms with Gasteiger partial charge in [0, 0.05) is 25.5 Å². The number of rotatable bonds is 5. The summed E-state index contributed by atoms with van der Waals surface area (Å²) >= 11 is 0. The van der Waals surface area contributed by atoms with Gasteiger partial charge in [0.25, 0.3) is 0 Å². The summed E-state index contributed by atoms with van der Waals surface area (Å²) < 4.78 is 1.69. The van der Waals surface area contributed by atoms with Crippen LogP contribution >= 0.6 is 0 Å². The highest BCUT2D eigenvalue weighted by Crippen LogP contribution is 2.20. The van der Waals surface area contributed by atoms with Crippen molar-refractivity contribution in [2.45, 2.75) is 13.0 Å². The van der Waals surface area contributed by atoms with Gasteiger partial charge in [0.1, 0.15) is 12.7 Å². The van der Waals surface area contributed by atoms with Crippen LogP contribution in [0.15, 0.2) is 67.5 Å². The Morgan fingerprint density at radius 1 is 1.20 bits per heavy atom. The van der Waals surface area contributed by atoms with Gasteiger partial charge in [-0.05, 0) is 42.3 Å². The third kappa shape index (κ3) is 3.98. The largest absolute Gasteiger partial charge is 0.335 e. The van der Waals surface area contributed by atoms with E-state index in [1.807, 2.05) is 43.3 Å². The van der Waals surface area contributed by atoms with Gasteiger partial charge in [-0.3, -0.25) is 9.78 Å². The zero-order chi connectivity index (χ0) is 17.6. The topological polar surface area (TPSA) is 63.9 Å². The summed E-state index contributed by atoms with van der Waals surface area (Å²) in [5, 5.41) is 4.10. The molecule has 3 aromatic rings. The number of likely N-dealkylation sites (N-methyl/N-ethyl adjacent to an activating group) is 1. The molecule has 6 heteroatoms. The van der Waals surface area contributed by atoms with E-state index >= 15 is 0 Å². The summed E-state index contributed by atoms with van der Waals surface area (Å²) in [5.41, 5.74) is 2.88. The van der Waals surface area contributed by atoms with Crippen molar-refractivity contribution in [3.63, 3.8) is 0 Å². The van der Waals surface area contributed by atoms with E-state index in [0.29, 0.717) is 0 Å². The normalized spacial score (nSPS) is 12.2. The lowest BCUT2D eigenvalue weighted by Gasteiger charge is -2.24. The molecule has 0 saturated carbocycles. The molecular formula is C19H19N5O. The second-order valence-corrected chi connectivity index (χ2v) is 5.68. The number of hydrogen-bond acceptors (Lipinski definition) is 4. The Kier molecular flexibility index (Phi) is 4.99. The predicted molar refractivity (Wildman–Crippen MR) is 95.8 cm³/mol. The zero-order valence-corrected chi connectivity index (χ0v) is 14.1. The van der Waals surface area contributed by atoms with Crippen molar-refractivity contribution in [3.05, 3.63) is 78.6 Å². The molecule has 0 aliphatic heterocycles. The van der Waals surface area contributed by atoms with Gasteiger partial charge >= 0.3 is 0 Å². The number of aromatic nitrogens is 4. The van der Waals surface area contributed by atoms with Crippen LogP contribution in [0.25, 0.3) is 11.8 Å². The van der Waals surface area contributed by atoms with Crippen LogP contribution in [0.3, 0.4) is 0 Å². The number of benzene rings is 1. The molecule has 25 heavy (non-hydrogen) atoms. The van der Waals surface area contributed by atoms with Crippen LogP contribution in [0.5, 0.6) is 0 Å². The molecule has 1 aromatic carbocycles. The molecule has 0 aliphatic rings. The van der Waals surface area contributed by atoms with Crippen molar-refractivity contribution < 1.29 is 4.79 Å². The van der Waals surface area contributed by atoms with Crippen molar-refractivity contribution in [1.29, 1.82) is 0 Å². The summed E-state index contributed by atoms with van der Waals surface area (Å²) in [6.45, 7) is 2.00. The number of nitrogens with zero attached hydrogens (tertiary/aromatic N) is 5. The van der Waals surface area contributed by atoms with Crippen molar-refractivity contribution >= 4 is 12.0 Å². The molecule has 3 rings (SSSR count). The lowest BCUT2D eigenvalue weighted by molar-refractivity contribution is -0.126. The second kappa shape index (κ2) is 7.53. The quantitative estimate of drug-likeness (QED) is 0.674. The summed E-state index contributed by atoms with van der Waals surface area (Å²) in [5.74, 6) is -0.0586. The SMILES string of the molecule is CC(c1ccc(-n2cncn2)cc1)N(C)C(=O)/C=C/c1cccnc1. The van der Waals surface area contributed by atoms with E-state index in [0.717, 1.165) is 16.8 Å². The lowest BCUT2D eigenvalue weighted by Crippen LogP contribution is -2.27. The summed E-state index contributed by atoms with van der Waals surface area (Å²) in [6.07, 6.45) is 9.91. The van der Waals surface area contributed by atoms with Gasteiger partial charge in [0.05, 0.1) is 11.7 Å². The Morgan fingerprint density at radius 3 is 2.64 bits per heavy atom. The van der Waals surface area contributed by atoms with Gasteiger partial charge in [-0.1, -0.05) is 18.2 Å². The number of carbonyl (C=O) groups is 1. The third-order valence-corrected chi connectivity index (χ3v) is 4.09. The number of hydrogen-bond donors (Lipinski definition) is 0. The Morgan fingerprint density at radius 2 is 2.00 bits per heavy atom. The fourth-order valence-corrected chi connectivity index (χ4v) is 2.42. The minimum Gasteiger partial charge on any atom is -0.335 e. The second-order valence-electron chi connectivity index (χ2n) is 5.68. The molecule has 0 fully saturated rings. The Balaban J connectivity index is 1.68. The Hall–Kier alpha value is -3.28. The van der Waals surface area contributed by atoms with Gasteiger partial charge in [-0.2, -0.15) is 5.10 Å². The van der Waals surface area contributed by atoms with E-state index in [9.17, 15) is 4.79 Å². The van der Waals surface area contributed by atoms with Crippen LogP contribution in [0.2, 0.25) is 0 Å². The summed E-state index contributed by atoms with van der Waals surface area (Å²) in [6, 6.07) is 11.6. The first kappa shape index (κ1) is 16.6. The van der Waals surface area contributed by atoms with Crippen LogP contribution in [-0.4, -0.2) is 37.6 Å².